The normalized spacial score (nSPS) is 13.8. The maximum atomic E-state index is 12.7. The molecule has 1 aromatic heterocycles. The second-order valence-electron chi connectivity index (χ2n) is 3.35. The molecule has 8 heteroatoms. The minimum absolute atomic E-state index is 0.435. The van der Waals surface area contributed by atoms with Crippen molar-refractivity contribution in [1.82, 2.24) is 15.0 Å². The third-order valence-corrected chi connectivity index (χ3v) is 2.20. The summed E-state index contributed by atoms with van der Waals surface area (Å²) < 4.78 is 38.8. The average molecular weight is 236 g/mol. The quantitative estimate of drug-likeness (QED) is 0.861. The lowest BCUT2D eigenvalue weighted by molar-refractivity contribution is -0.145. The Kier molecular flexibility index (Phi) is 3.20. The summed E-state index contributed by atoms with van der Waals surface area (Å²) in [6, 6.07) is -0.503. The van der Waals surface area contributed by atoms with E-state index in [1.165, 1.54) is 0 Å². The van der Waals surface area contributed by atoms with Gasteiger partial charge in [0.1, 0.15) is 0 Å². The van der Waals surface area contributed by atoms with Crippen molar-refractivity contribution in [1.29, 1.82) is 0 Å². The van der Waals surface area contributed by atoms with Crippen LogP contribution < -0.4 is 5.73 Å². The van der Waals surface area contributed by atoms with Crippen LogP contribution in [0, 0.1) is 0 Å². The van der Waals surface area contributed by atoms with Crippen molar-refractivity contribution in [2.45, 2.75) is 32.5 Å². The van der Waals surface area contributed by atoms with Gasteiger partial charge in [0.15, 0.2) is 11.4 Å². The van der Waals surface area contributed by atoms with Crippen molar-refractivity contribution >= 4 is 5.91 Å². The van der Waals surface area contributed by atoms with Gasteiger partial charge in [-0.25, -0.2) is 4.68 Å². The molecular formula is C8H11F3N4O. The number of amides is 1. The highest BCUT2D eigenvalue weighted by molar-refractivity contribution is 5.91. The molecule has 0 saturated carbocycles. The van der Waals surface area contributed by atoms with Crippen LogP contribution in [0.15, 0.2) is 0 Å². The fourth-order valence-corrected chi connectivity index (χ4v) is 1.21. The fourth-order valence-electron chi connectivity index (χ4n) is 1.21. The SMILES string of the molecule is CCC(C)n1nnc(C(N)=O)c1C(F)(F)F. The largest absolute Gasteiger partial charge is 0.435 e. The molecule has 5 nitrogen and oxygen atoms in total. The number of primary amides is 1. The predicted octanol–water partition coefficient (Wildman–Crippen LogP) is 1.37. The van der Waals surface area contributed by atoms with Crippen molar-refractivity contribution in [2.75, 3.05) is 0 Å². The van der Waals surface area contributed by atoms with Crippen LogP contribution in [-0.2, 0) is 6.18 Å². The molecule has 1 unspecified atom stereocenters. The molecule has 0 aromatic carbocycles. The van der Waals surface area contributed by atoms with Crippen LogP contribution in [-0.4, -0.2) is 20.9 Å². The molecule has 1 heterocycles. The van der Waals surface area contributed by atoms with Crippen LogP contribution in [0.2, 0.25) is 0 Å². The minimum Gasteiger partial charge on any atom is -0.364 e. The van der Waals surface area contributed by atoms with E-state index in [-0.39, 0.29) is 0 Å². The second-order valence-corrected chi connectivity index (χ2v) is 3.35. The van der Waals surface area contributed by atoms with E-state index in [9.17, 15) is 18.0 Å². The van der Waals surface area contributed by atoms with Crippen molar-refractivity contribution in [2.24, 2.45) is 5.73 Å². The van der Waals surface area contributed by atoms with Gasteiger partial charge in [0.05, 0.1) is 6.04 Å². The Morgan fingerprint density at radius 2 is 2.12 bits per heavy atom. The summed E-state index contributed by atoms with van der Waals surface area (Å²) in [6.45, 7) is 3.26. The number of hydrogen-bond acceptors (Lipinski definition) is 3. The van der Waals surface area contributed by atoms with Crippen LogP contribution in [0.1, 0.15) is 42.5 Å². The molecular weight excluding hydrogens is 225 g/mol. The van der Waals surface area contributed by atoms with Gasteiger partial charge in [-0.1, -0.05) is 12.1 Å². The standard InChI is InChI=1S/C8H11F3N4O/c1-3-4(2)15-6(8(9,10)11)5(7(12)16)13-14-15/h4H,3H2,1-2H3,(H2,12,16). The van der Waals surface area contributed by atoms with Gasteiger partial charge >= 0.3 is 6.18 Å². The van der Waals surface area contributed by atoms with E-state index < -0.39 is 29.5 Å². The summed E-state index contributed by atoms with van der Waals surface area (Å²) in [6.07, 6.45) is -4.26. The average Bonchev–Trinajstić information content (AvgIpc) is 2.59. The Labute approximate surface area is 89.4 Å². The Morgan fingerprint density at radius 1 is 1.56 bits per heavy atom. The zero-order chi connectivity index (χ0) is 12.5. The van der Waals surface area contributed by atoms with Crippen LogP contribution in [0.5, 0.6) is 0 Å². The first-order valence-corrected chi connectivity index (χ1v) is 4.61. The molecule has 0 spiro atoms. The first-order chi connectivity index (χ1) is 7.29. The van der Waals surface area contributed by atoms with Gasteiger partial charge in [-0.2, -0.15) is 13.2 Å². The summed E-state index contributed by atoms with van der Waals surface area (Å²) in [5.41, 5.74) is 2.79. The van der Waals surface area contributed by atoms with Gasteiger partial charge in [-0.3, -0.25) is 4.79 Å². The third-order valence-electron chi connectivity index (χ3n) is 2.20. The van der Waals surface area contributed by atoms with Gasteiger partial charge in [0.25, 0.3) is 5.91 Å². The first kappa shape index (κ1) is 12.5. The molecule has 0 saturated heterocycles. The Hall–Kier alpha value is -1.60. The Bertz CT molecular complexity index is 398. The molecule has 90 valence electrons. The van der Waals surface area contributed by atoms with E-state index in [0.717, 1.165) is 0 Å². The van der Waals surface area contributed by atoms with E-state index in [0.29, 0.717) is 11.1 Å². The second kappa shape index (κ2) is 4.11. The number of hydrogen-bond donors (Lipinski definition) is 1. The van der Waals surface area contributed by atoms with Crippen molar-refractivity contribution in [3.8, 4) is 0 Å². The maximum absolute atomic E-state index is 12.7. The smallest absolute Gasteiger partial charge is 0.364 e. The lowest BCUT2D eigenvalue weighted by Crippen LogP contribution is -2.23. The van der Waals surface area contributed by atoms with E-state index >= 15 is 0 Å². The zero-order valence-electron chi connectivity index (χ0n) is 8.75. The maximum Gasteiger partial charge on any atom is 0.435 e. The zero-order valence-corrected chi connectivity index (χ0v) is 8.75. The molecule has 16 heavy (non-hydrogen) atoms. The topological polar surface area (TPSA) is 73.8 Å². The summed E-state index contributed by atoms with van der Waals surface area (Å²) >= 11 is 0. The number of halogens is 3. The van der Waals surface area contributed by atoms with Gasteiger partial charge in [0, 0.05) is 0 Å². The molecule has 1 rings (SSSR count). The van der Waals surface area contributed by atoms with Crippen LogP contribution >= 0.6 is 0 Å². The molecule has 0 aliphatic carbocycles. The van der Waals surface area contributed by atoms with Crippen LogP contribution in [0.3, 0.4) is 0 Å². The van der Waals surface area contributed by atoms with E-state index in [4.69, 9.17) is 5.73 Å². The van der Waals surface area contributed by atoms with E-state index in [2.05, 4.69) is 10.3 Å². The number of aromatic nitrogens is 3. The summed E-state index contributed by atoms with van der Waals surface area (Å²) in [4.78, 5) is 10.8. The van der Waals surface area contributed by atoms with Crippen molar-refractivity contribution in [3.05, 3.63) is 11.4 Å². The highest BCUT2D eigenvalue weighted by Gasteiger charge is 2.41. The van der Waals surface area contributed by atoms with E-state index in [1.807, 2.05) is 0 Å². The molecule has 0 fully saturated rings. The van der Waals surface area contributed by atoms with Gasteiger partial charge in [-0.15, -0.1) is 5.10 Å². The molecule has 1 aromatic rings. The van der Waals surface area contributed by atoms with Gasteiger partial charge < -0.3 is 5.73 Å². The monoisotopic (exact) mass is 236 g/mol. The summed E-state index contributed by atoms with van der Waals surface area (Å²) in [7, 11) is 0. The number of carbonyl (C=O) groups excluding carboxylic acids is 1. The molecule has 2 N–H and O–H groups in total. The summed E-state index contributed by atoms with van der Waals surface area (Å²) in [5.74, 6) is -1.23. The number of nitrogens with zero attached hydrogens (tertiary/aromatic N) is 3. The first-order valence-electron chi connectivity index (χ1n) is 4.61. The molecule has 0 bridgehead atoms. The Morgan fingerprint density at radius 3 is 2.50 bits per heavy atom. The molecule has 0 aliphatic heterocycles. The number of rotatable bonds is 3. The van der Waals surface area contributed by atoms with Crippen molar-refractivity contribution < 1.29 is 18.0 Å². The van der Waals surface area contributed by atoms with E-state index in [1.54, 1.807) is 13.8 Å². The Balaban J connectivity index is 3.37. The molecule has 1 atom stereocenters. The lowest BCUT2D eigenvalue weighted by Gasteiger charge is -2.14. The number of carbonyl (C=O) groups is 1. The number of alkyl halides is 3. The predicted molar refractivity (Wildman–Crippen MR) is 48.5 cm³/mol. The molecule has 1 amide bonds. The van der Waals surface area contributed by atoms with Gasteiger partial charge in [-0.05, 0) is 13.3 Å². The lowest BCUT2D eigenvalue weighted by atomic mass is 10.2. The van der Waals surface area contributed by atoms with Crippen molar-refractivity contribution in [3.63, 3.8) is 0 Å². The van der Waals surface area contributed by atoms with Crippen LogP contribution in [0.4, 0.5) is 13.2 Å². The van der Waals surface area contributed by atoms with Gasteiger partial charge in [0.2, 0.25) is 0 Å². The highest BCUT2D eigenvalue weighted by Crippen LogP contribution is 2.32. The van der Waals surface area contributed by atoms with Crippen LogP contribution in [0.25, 0.3) is 0 Å². The third kappa shape index (κ3) is 2.15. The fraction of sp³-hybridized carbons (Fsp3) is 0.625. The molecule has 0 aliphatic rings. The molecule has 0 radical (unpaired) electrons. The highest BCUT2D eigenvalue weighted by atomic mass is 19.4. The number of nitrogens with two attached hydrogens (primary N) is 1. The summed E-state index contributed by atoms with van der Waals surface area (Å²) in [5, 5.41) is 6.49. The minimum atomic E-state index is -4.70.